The highest BCUT2D eigenvalue weighted by molar-refractivity contribution is 8.22. The van der Waals surface area contributed by atoms with E-state index in [2.05, 4.69) is 0 Å². The predicted octanol–water partition coefficient (Wildman–Crippen LogP) is 3.05. The van der Waals surface area contributed by atoms with Gasteiger partial charge >= 0.3 is 0 Å². The molecule has 0 aliphatic rings. The van der Waals surface area contributed by atoms with Gasteiger partial charge in [-0.1, -0.05) is 49.5 Å². The van der Waals surface area contributed by atoms with Crippen LogP contribution in [0.15, 0.2) is 30.3 Å². The van der Waals surface area contributed by atoms with Gasteiger partial charge < -0.3 is 5.11 Å². The van der Waals surface area contributed by atoms with Gasteiger partial charge in [0.05, 0.1) is 10.3 Å². The van der Waals surface area contributed by atoms with Gasteiger partial charge in [-0.3, -0.25) is 0 Å². The molecule has 1 rings (SSSR count). The van der Waals surface area contributed by atoms with Crippen LogP contribution in [-0.2, 0) is 0 Å². The minimum atomic E-state index is -0.490. The van der Waals surface area contributed by atoms with Gasteiger partial charge in [0, 0.05) is 5.92 Å². The highest BCUT2D eigenvalue weighted by atomic mass is 32.2. The molecule has 0 fully saturated rings. The van der Waals surface area contributed by atoms with Crippen molar-refractivity contribution in [3.8, 4) is 0 Å². The summed E-state index contributed by atoms with van der Waals surface area (Å²) in [6.45, 7) is 1.95. The van der Waals surface area contributed by atoms with Crippen molar-refractivity contribution in [3.63, 3.8) is 0 Å². The zero-order valence-corrected chi connectivity index (χ0v) is 9.94. The number of rotatable bonds is 3. The van der Waals surface area contributed by atoms with E-state index in [1.807, 2.05) is 43.5 Å². The molecule has 0 aromatic heterocycles. The van der Waals surface area contributed by atoms with E-state index in [1.165, 1.54) is 11.8 Å². The lowest BCUT2D eigenvalue weighted by Crippen LogP contribution is -2.15. The molecule has 0 saturated carbocycles. The molecule has 2 atom stereocenters. The Labute approximate surface area is 94.5 Å². The Balaban J connectivity index is 2.75. The first-order valence-electron chi connectivity index (χ1n) is 4.47. The molecule has 14 heavy (non-hydrogen) atoms. The minimum absolute atomic E-state index is 0.0161. The molecular formula is C11H14OS2. The molecule has 0 unspecified atom stereocenters. The number of aliphatic hydroxyl groups excluding tert-OH is 1. The van der Waals surface area contributed by atoms with Crippen LogP contribution in [0.25, 0.3) is 0 Å². The lowest BCUT2D eigenvalue weighted by molar-refractivity contribution is 0.149. The Kier molecular flexibility index (Phi) is 4.58. The van der Waals surface area contributed by atoms with Gasteiger partial charge in [0.15, 0.2) is 0 Å². The van der Waals surface area contributed by atoms with Gasteiger partial charge in [-0.2, -0.15) is 0 Å². The Morgan fingerprint density at radius 1 is 1.36 bits per heavy atom. The summed E-state index contributed by atoms with van der Waals surface area (Å²) < 4.78 is 0.848. The number of benzene rings is 1. The summed E-state index contributed by atoms with van der Waals surface area (Å²) in [7, 11) is 0. The van der Waals surface area contributed by atoms with Gasteiger partial charge in [0.1, 0.15) is 0 Å². The van der Waals surface area contributed by atoms with E-state index < -0.39 is 6.10 Å². The lowest BCUT2D eigenvalue weighted by Gasteiger charge is -2.18. The van der Waals surface area contributed by atoms with E-state index in [4.69, 9.17) is 12.2 Å². The molecule has 0 bridgehead atoms. The average Bonchev–Trinajstić information content (AvgIpc) is 2.27. The van der Waals surface area contributed by atoms with Crippen LogP contribution in [0.5, 0.6) is 0 Å². The van der Waals surface area contributed by atoms with Crippen LogP contribution in [0.1, 0.15) is 18.6 Å². The van der Waals surface area contributed by atoms with Gasteiger partial charge in [0.2, 0.25) is 0 Å². The van der Waals surface area contributed by atoms with E-state index in [0.29, 0.717) is 0 Å². The summed E-state index contributed by atoms with van der Waals surface area (Å²) in [5.74, 6) is 0.0161. The quantitative estimate of drug-likeness (QED) is 0.800. The summed E-state index contributed by atoms with van der Waals surface area (Å²) >= 11 is 6.68. The Morgan fingerprint density at radius 2 is 1.93 bits per heavy atom. The van der Waals surface area contributed by atoms with Crippen molar-refractivity contribution in [2.45, 2.75) is 13.0 Å². The molecule has 0 aliphatic carbocycles. The number of hydrogen-bond acceptors (Lipinski definition) is 3. The Bertz CT molecular complexity index is 297. The topological polar surface area (TPSA) is 20.2 Å². The van der Waals surface area contributed by atoms with Crippen LogP contribution in [0.4, 0.5) is 0 Å². The maximum Gasteiger partial charge on any atom is 0.0869 e. The molecule has 1 N–H and O–H groups in total. The second-order valence-corrected chi connectivity index (χ2v) is 4.71. The largest absolute Gasteiger partial charge is 0.388 e. The van der Waals surface area contributed by atoms with E-state index in [-0.39, 0.29) is 5.92 Å². The van der Waals surface area contributed by atoms with Gasteiger partial charge in [-0.05, 0) is 11.8 Å². The molecular weight excluding hydrogens is 212 g/mol. The highest BCUT2D eigenvalue weighted by Crippen LogP contribution is 2.25. The second-order valence-electron chi connectivity index (χ2n) is 3.17. The minimum Gasteiger partial charge on any atom is -0.388 e. The summed E-state index contributed by atoms with van der Waals surface area (Å²) in [5.41, 5.74) is 0.927. The maximum absolute atomic E-state index is 9.99. The molecule has 1 aromatic rings. The summed E-state index contributed by atoms with van der Waals surface area (Å²) in [4.78, 5) is 0. The van der Waals surface area contributed by atoms with Crippen molar-refractivity contribution < 1.29 is 5.11 Å². The average molecular weight is 226 g/mol. The van der Waals surface area contributed by atoms with Crippen LogP contribution in [0.2, 0.25) is 0 Å². The molecule has 0 heterocycles. The van der Waals surface area contributed by atoms with E-state index in [9.17, 15) is 5.11 Å². The van der Waals surface area contributed by atoms with Crippen LogP contribution in [0.3, 0.4) is 0 Å². The molecule has 76 valence electrons. The molecule has 0 radical (unpaired) electrons. The van der Waals surface area contributed by atoms with Crippen molar-refractivity contribution in [2.75, 3.05) is 6.26 Å². The monoisotopic (exact) mass is 226 g/mol. The predicted molar refractivity (Wildman–Crippen MR) is 66.7 cm³/mol. The number of thiocarbonyl (C=S) groups is 1. The molecule has 3 heteroatoms. The molecule has 1 nitrogen and oxygen atoms in total. The van der Waals surface area contributed by atoms with E-state index >= 15 is 0 Å². The van der Waals surface area contributed by atoms with E-state index in [0.717, 1.165) is 9.76 Å². The standard InChI is InChI=1S/C11H14OS2/c1-8(11(13)14-2)10(12)9-6-4-3-5-7-9/h3-8,10,12H,1-2H3/t8-,10-/m0/s1. The third-order valence-electron chi connectivity index (χ3n) is 2.19. The SMILES string of the molecule is CSC(=S)[C@@H](C)[C@H](O)c1ccccc1. The first-order chi connectivity index (χ1) is 6.66. The molecule has 1 aromatic carbocycles. The number of hydrogen-bond donors (Lipinski definition) is 1. The van der Waals surface area contributed by atoms with Crippen molar-refractivity contribution in [2.24, 2.45) is 5.92 Å². The second kappa shape index (κ2) is 5.49. The summed E-state index contributed by atoms with van der Waals surface area (Å²) in [5, 5.41) is 9.99. The maximum atomic E-state index is 9.99. The summed E-state index contributed by atoms with van der Waals surface area (Å²) in [6, 6.07) is 9.63. The molecule has 0 aliphatic heterocycles. The van der Waals surface area contributed by atoms with Crippen molar-refractivity contribution >= 4 is 28.2 Å². The van der Waals surface area contributed by atoms with Crippen molar-refractivity contribution in [3.05, 3.63) is 35.9 Å². The molecule has 0 amide bonds. The van der Waals surface area contributed by atoms with E-state index in [1.54, 1.807) is 0 Å². The third-order valence-corrected chi connectivity index (χ3v) is 3.83. The third kappa shape index (κ3) is 2.80. The lowest BCUT2D eigenvalue weighted by atomic mass is 9.99. The zero-order chi connectivity index (χ0) is 10.6. The first-order valence-corrected chi connectivity index (χ1v) is 6.11. The van der Waals surface area contributed by atoms with Gasteiger partial charge in [-0.25, -0.2) is 0 Å². The van der Waals surface area contributed by atoms with Crippen LogP contribution < -0.4 is 0 Å². The molecule has 0 saturated heterocycles. The normalized spacial score (nSPS) is 14.8. The highest BCUT2D eigenvalue weighted by Gasteiger charge is 2.19. The fraction of sp³-hybridized carbons (Fsp3) is 0.364. The smallest absolute Gasteiger partial charge is 0.0869 e. The van der Waals surface area contributed by atoms with Gasteiger partial charge in [0.25, 0.3) is 0 Å². The van der Waals surface area contributed by atoms with Crippen LogP contribution in [0, 0.1) is 5.92 Å². The van der Waals surface area contributed by atoms with Gasteiger partial charge in [-0.15, -0.1) is 11.8 Å². The fourth-order valence-corrected chi connectivity index (χ4v) is 1.88. The molecule has 0 spiro atoms. The number of thioether (sulfide) groups is 1. The summed E-state index contributed by atoms with van der Waals surface area (Å²) in [6.07, 6.45) is 1.45. The van der Waals surface area contributed by atoms with Crippen molar-refractivity contribution in [1.29, 1.82) is 0 Å². The van der Waals surface area contributed by atoms with Crippen molar-refractivity contribution in [1.82, 2.24) is 0 Å². The zero-order valence-electron chi connectivity index (χ0n) is 8.31. The Hall–Kier alpha value is -0.380. The number of aliphatic hydroxyl groups is 1. The fourth-order valence-electron chi connectivity index (χ4n) is 1.25. The first kappa shape index (κ1) is 11.7. The van der Waals surface area contributed by atoms with Crippen LogP contribution >= 0.6 is 24.0 Å². The Morgan fingerprint density at radius 3 is 2.43 bits per heavy atom. The van der Waals surface area contributed by atoms with Crippen LogP contribution in [-0.4, -0.2) is 15.6 Å².